The van der Waals surface area contributed by atoms with Crippen LogP contribution in [-0.2, 0) is 9.53 Å². The maximum atomic E-state index is 12.3. The number of hydrogen-bond donors (Lipinski definition) is 2. The second kappa shape index (κ2) is 7.42. The van der Waals surface area contributed by atoms with Crippen LogP contribution in [0.2, 0.25) is 0 Å². The number of ether oxygens (including phenoxy) is 1. The Labute approximate surface area is 162 Å². The highest BCUT2D eigenvalue weighted by atomic mass is 16.5. The van der Waals surface area contributed by atoms with Crippen LogP contribution in [0.25, 0.3) is 0 Å². The number of aliphatic hydroxyl groups is 1. The van der Waals surface area contributed by atoms with Crippen LogP contribution in [0.1, 0.15) is 6.42 Å². The Morgan fingerprint density at radius 2 is 1.75 bits per heavy atom. The number of carbonyl (C=O) groups excluding carboxylic acids is 1. The number of amides is 1. The number of morpholine rings is 1. The summed E-state index contributed by atoms with van der Waals surface area (Å²) in [5.74, 6) is 0.541. The third-order valence-corrected chi connectivity index (χ3v) is 4.91. The summed E-state index contributed by atoms with van der Waals surface area (Å²) in [5, 5.41) is 22.3. The molecule has 1 amide bonds. The summed E-state index contributed by atoms with van der Waals surface area (Å²) in [5.41, 5.74) is -0.339. The number of pyridine rings is 2. The van der Waals surface area contributed by atoms with Gasteiger partial charge in [-0.1, -0.05) is 0 Å². The van der Waals surface area contributed by atoms with Gasteiger partial charge in [-0.2, -0.15) is 5.26 Å². The third kappa shape index (κ3) is 3.47. The molecule has 0 spiro atoms. The number of hydrogen-bond acceptors (Lipinski definition) is 8. The third-order valence-electron chi connectivity index (χ3n) is 4.91. The highest BCUT2D eigenvalue weighted by Gasteiger charge is 2.46. The summed E-state index contributed by atoms with van der Waals surface area (Å²) in [6.07, 6.45) is 3.38. The normalized spacial score (nSPS) is 22.2. The Bertz CT molecular complexity index is 924. The van der Waals surface area contributed by atoms with E-state index in [1.165, 1.54) is 4.90 Å². The number of anilines is 4. The molecule has 0 unspecified atom stereocenters. The van der Waals surface area contributed by atoms with Crippen LogP contribution in [0, 0.1) is 11.3 Å². The average molecular weight is 380 g/mol. The molecule has 2 saturated heterocycles. The van der Waals surface area contributed by atoms with Crippen molar-refractivity contribution in [2.75, 3.05) is 48.0 Å². The summed E-state index contributed by atoms with van der Waals surface area (Å²) in [4.78, 5) is 24.6. The smallest absolute Gasteiger partial charge is 0.273 e. The van der Waals surface area contributed by atoms with E-state index in [2.05, 4.69) is 20.2 Å². The monoisotopic (exact) mass is 380 g/mol. The van der Waals surface area contributed by atoms with E-state index >= 15 is 0 Å². The van der Waals surface area contributed by atoms with Crippen molar-refractivity contribution in [2.45, 2.75) is 12.0 Å². The molecular weight excluding hydrogens is 360 g/mol. The lowest BCUT2D eigenvalue weighted by Gasteiger charge is -2.29. The van der Waals surface area contributed by atoms with E-state index in [1.54, 1.807) is 30.6 Å². The van der Waals surface area contributed by atoms with Crippen LogP contribution in [0.4, 0.5) is 23.0 Å². The van der Waals surface area contributed by atoms with E-state index in [-0.39, 0.29) is 13.0 Å². The highest BCUT2D eigenvalue weighted by Crippen LogP contribution is 2.29. The first kappa shape index (κ1) is 18.2. The summed E-state index contributed by atoms with van der Waals surface area (Å²) in [7, 11) is 0. The largest absolute Gasteiger partial charge is 0.378 e. The fourth-order valence-corrected chi connectivity index (χ4v) is 3.35. The molecule has 4 heterocycles. The lowest BCUT2D eigenvalue weighted by molar-refractivity contribution is -0.128. The molecule has 4 rings (SSSR count). The fraction of sp³-hybridized carbons (Fsp3) is 0.368. The van der Waals surface area contributed by atoms with E-state index in [0.717, 1.165) is 18.8 Å². The minimum absolute atomic E-state index is 0.0799. The zero-order valence-corrected chi connectivity index (χ0v) is 15.2. The molecule has 9 heteroatoms. The molecule has 9 nitrogen and oxygen atoms in total. The van der Waals surface area contributed by atoms with Gasteiger partial charge in [-0.15, -0.1) is 0 Å². The van der Waals surface area contributed by atoms with E-state index in [0.29, 0.717) is 30.5 Å². The highest BCUT2D eigenvalue weighted by molar-refractivity contribution is 6.03. The topological polar surface area (TPSA) is 115 Å². The Balaban J connectivity index is 1.52. The summed E-state index contributed by atoms with van der Waals surface area (Å²) < 4.78 is 5.39. The van der Waals surface area contributed by atoms with Gasteiger partial charge < -0.3 is 25.0 Å². The van der Waals surface area contributed by atoms with Crippen molar-refractivity contribution < 1.29 is 14.6 Å². The first-order chi connectivity index (χ1) is 13.6. The molecule has 28 heavy (non-hydrogen) atoms. The van der Waals surface area contributed by atoms with Crippen molar-refractivity contribution in [1.82, 2.24) is 9.97 Å². The van der Waals surface area contributed by atoms with Crippen molar-refractivity contribution in [2.24, 2.45) is 0 Å². The minimum Gasteiger partial charge on any atom is -0.378 e. The zero-order valence-electron chi connectivity index (χ0n) is 15.2. The SMILES string of the molecule is N#C[C@@]1(O)CCN(c2ccnc(Nc3cc(N4CCOCC4)ccn3)c2)C1=O. The number of nitriles is 1. The number of aromatic nitrogens is 2. The van der Waals surface area contributed by atoms with E-state index in [1.807, 2.05) is 12.1 Å². The van der Waals surface area contributed by atoms with Crippen molar-refractivity contribution >= 4 is 28.9 Å². The van der Waals surface area contributed by atoms with Gasteiger partial charge in [0.25, 0.3) is 5.91 Å². The van der Waals surface area contributed by atoms with Gasteiger partial charge in [0.2, 0.25) is 5.60 Å². The van der Waals surface area contributed by atoms with Crippen molar-refractivity contribution in [3.63, 3.8) is 0 Å². The van der Waals surface area contributed by atoms with Gasteiger partial charge in [0.05, 0.1) is 13.2 Å². The summed E-state index contributed by atoms with van der Waals surface area (Å²) >= 11 is 0. The molecule has 0 bridgehead atoms. The van der Waals surface area contributed by atoms with Gasteiger partial charge in [-0.3, -0.25) is 4.79 Å². The molecular formula is C19H20N6O3. The Kier molecular flexibility index (Phi) is 4.81. The van der Waals surface area contributed by atoms with Gasteiger partial charge in [-0.25, -0.2) is 9.97 Å². The number of nitrogens with one attached hydrogen (secondary N) is 1. The quantitative estimate of drug-likeness (QED) is 0.757. The van der Waals surface area contributed by atoms with Crippen LogP contribution in [0.5, 0.6) is 0 Å². The van der Waals surface area contributed by atoms with Gasteiger partial charge in [-0.05, 0) is 12.1 Å². The fourth-order valence-electron chi connectivity index (χ4n) is 3.35. The molecule has 2 aliphatic heterocycles. The van der Waals surface area contributed by atoms with Crippen molar-refractivity contribution in [3.8, 4) is 6.07 Å². The zero-order chi connectivity index (χ0) is 19.6. The van der Waals surface area contributed by atoms with E-state index in [4.69, 9.17) is 10.00 Å². The van der Waals surface area contributed by atoms with Crippen LogP contribution in [0.15, 0.2) is 36.7 Å². The molecule has 144 valence electrons. The van der Waals surface area contributed by atoms with E-state index in [9.17, 15) is 9.90 Å². The first-order valence-corrected chi connectivity index (χ1v) is 9.06. The predicted molar refractivity (Wildman–Crippen MR) is 102 cm³/mol. The van der Waals surface area contributed by atoms with Gasteiger partial charge in [0, 0.05) is 62.0 Å². The molecule has 2 aliphatic rings. The second-order valence-electron chi connectivity index (χ2n) is 6.70. The molecule has 2 aromatic heterocycles. The number of carbonyl (C=O) groups is 1. The van der Waals surface area contributed by atoms with Gasteiger partial charge in [0.15, 0.2) is 0 Å². The molecule has 2 N–H and O–H groups in total. The van der Waals surface area contributed by atoms with Crippen molar-refractivity contribution in [1.29, 1.82) is 5.26 Å². The van der Waals surface area contributed by atoms with Gasteiger partial charge in [0.1, 0.15) is 17.7 Å². The predicted octanol–water partition coefficient (Wildman–Crippen LogP) is 1.05. The minimum atomic E-state index is -1.95. The Morgan fingerprint density at radius 1 is 1.11 bits per heavy atom. The van der Waals surface area contributed by atoms with Crippen LogP contribution in [0.3, 0.4) is 0 Å². The first-order valence-electron chi connectivity index (χ1n) is 9.06. The van der Waals surface area contributed by atoms with Crippen molar-refractivity contribution in [3.05, 3.63) is 36.7 Å². The maximum absolute atomic E-state index is 12.3. The molecule has 0 aliphatic carbocycles. The lowest BCUT2D eigenvalue weighted by Crippen LogP contribution is -2.38. The van der Waals surface area contributed by atoms with Crippen LogP contribution in [-0.4, -0.2) is 59.4 Å². The molecule has 2 aromatic rings. The molecule has 1 atom stereocenters. The Hall–Kier alpha value is -3.22. The molecule has 0 saturated carbocycles. The van der Waals surface area contributed by atoms with Crippen LogP contribution < -0.4 is 15.1 Å². The van der Waals surface area contributed by atoms with E-state index < -0.39 is 11.5 Å². The maximum Gasteiger partial charge on any atom is 0.273 e. The molecule has 0 aromatic carbocycles. The van der Waals surface area contributed by atoms with Crippen LogP contribution >= 0.6 is 0 Å². The molecule has 0 radical (unpaired) electrons. The molecule has 2 fully saturated rings. The average Bonchev–Trinajstić information content (AvgIpc) is 3.04. The summed E-state index contributed by atoms with van der Waals surface area (Å²) in [6.45, 7) is 3.34. The Morgan fingerprint density at radius 3 is 2.39 bits per heavy atom. The lowest BCUT2D eigenvalue weighted by atomic mass is 10.1. The summed E-state index contributed by atoms with van der Waals surface area (Å²) in [6, 6.07) is 8.95. The number of rotatable bonds is 4. The van der Waals surface area contributed by atoms with Gasteiger partial charge >= 0.3 is 0 Å². The number of nitrogens with zero attached hydrogens (tertiary/aromatic N) is 5. The standard InChI is InChI=1S/C19H20N6O3/c20-13-19(27)3-6-25(18(19)26)15-2-5-22-17(12-15)23-16-11-14(1-4-21-16)24-7-9-28-10-8-24/h1-2,4-5,11-12,27H,3,6-10H2,(H,21,22,23)/t19-/m0/s1. The second-order valence-corrected chi connectivity index (χ2v) is 6.70.